The Kier molecular flexibility index (Phi) is 5.36. The molecule has 3 rings (SSSR count). The Bertz CT molecular complexity index is 800. The summed E-state index contributed by atoms with van der Waals surface area (Å²) >= 11 is 0. The molecule has 0 aliphatic carbocycles. The normalized spacial score (nSPS) is 16.7. The minimum atomic E-state index is -0.799. The summed E-state index contributed by atoms with van der Waals surface area (Å²) in [6.45, 7) is 0.686. The Balaban J connectivity index is 1.50. The van der Waals surface area contributed by atoms with E-state index in [-0.39, 0.29) is 18.2 Å². The van der Waals surface area contributed by atoms with Gasteiger partial charge in [-0.25, -0.2) is 4.79 Å². The van der Waals surface area contributed by atoms with E-state index in [0.29, 0.717) is 19.5 Å². The van der Waals surface area contributed by atoms with Gasteiger partial charge in [-0.05, 0) is 24.1 Å². The molecule has 2 N–H and O–H groups in total. The molecule has 2 heterocycles. The standard InChI is InChI=1S/C19H22N4O3/c1-22-10-5-8-15(22)13-20-17(24)12-16-18(25)23(19(26)21-16)11-9-14-6-3-2-4-7-14/h2-8,10,16H,9,11-13H2,1H3,(H,20,24)(H,21,26). The molecule has 4 amide bonds. The molecule has 1 aliphatic heterocycles. The van der Waals surface area contributed by atoms with Gasteiger partial charge >= 0.3 is 6.03 Å². The maximum atomic E-state index is 12.4. The van der Waals surface area contributed by atoms with Crippen molar-refractivity contribution in [1.29, 1.82) is 0 Å². The van der Waals surface area contributed by atoms with Crippen LogP contribution in [0.25, 0.3) is 0 Å². The number of carbonyl (C=O) groups excluding carboxylic acids is 3. The molecule has 0 bridgehead atoms. The van der Waals surface area contributed by atoms with Gasteiger partial charge in [0.1, 0.15) is 6.04 Å². The van der Waals surface area contributed by atoms with Gasteiger partial charge < -0.3 is 15.2 Å². The van der Waals surface area contributed by atoms with Crippen LogP contribution in [0.3, 0.4) is 0 Å². The number of amides is 4. The molecule has 1 fully saturated rings. The van der Waals surface area contributed by atoms with E-state index in [1.165, 1.54) is 4.90 Å². The zero-order valence-corrected chi connectivity index (χ0v) is 14.6. The van der Waals surface area contributed by atoms with Crippen molar-refractivity contribution in [3.8, 4) is 0 Å². The average Bonchev–Trinajstić information content (AvgIpc) is 3.15. The minimum Gasteiger partial charge on any atom is -0.353 e. The number of aromatic nitrogens is 1. The third kappa shape index (κ3) is 4.11. The summed E-state index contributed by atoms with van der Waals surface area (Å²) in [4.78, 5) is 37.7. The smallest absolute Gasteiger partial charge is 0.324 e. The molecule has 1 aliphatic rings. The van der Waals surface area contributed by atoms with Crippen molar-refractivity contribution in [1.82, 2.24) is 20.1 Å². The number of imide groups is 1. The maximum absolute atomic E-state index is 12.4. The second-order valence-electron chi connectivity index (χ2n) is 6.32. The molecule has 26 heavy (non-hydrogen) atoms. The first kappa shape index (κ1) is 17.7. The van der Waals surface area contributed by atoms with Gasteiger partial charge in [0, 0.05) is 25.5 Å². The molecule has 2 aromatic rings. The highest BCUT2D eigenvalue weighted by Crippen LogP contribution is 2.11. The summed E-state index contributed by atoms with van der Waals surface area (Å²) in [6, 6.07) is 12.2. The first-order valence-corrected chi connectivity index (χ1v) is 8.57. The largest absolute Gasteiger partial charge is 0.353 e. The number of rotatable bonds is 7. The summed E-state index contributed by atoms with van der Waals surface area (Å²) in [5.41, 5.74) is 2.02. The van der Waals surface area contributed by atoms with Gasteiger partial charge in [-0.3, -0.25) is 14.5 Å². The Morgan fingerprint density at radius 1 is 1.15 bits per heavy atom. The minimum absolute atomic E-state index is 0.0587. The molecule has 7 nitrogen and oxygen atoms in total. The van der Waals surface area contributed by atoms with E-state index in [2.05, 4.69) is 10.6 Å². The lowest BCUT2D eigenvalue weighted by Gasteiger charge is -2.13. The van der Waals surface area contributed by atoms with Crippen LogP contribution in [-0.2, 0) is 29.6 Å². The number of urea groups is 1. The van der Waals surface area contributed by atoms with E-state index in [1.807, 2.05) is 60.3 Å². The molecular formula is C19H22N4O3. The van der Waals surface area contributed by atoms with Crippen LogP contribution in [-0.4, -0.2) is 39.9 Å². The Hall–Kier alpha value is -3.09. The number of carbonyl (C=O) groups is 3. The predicted octanol–water partition coefficient (Wildman–Crippen LogP) is 1.19. The van der Waals surface area contributed by atoms with Gasteiger partial charge in [-0.2, -0.15) is 0 Å². The van der Waals surface area contributed by atoms with Crippen molar-refractivity contribution in [3.05, 3.63) is 59.9 Å². The average molecular weight is 354 g/mol. The highest BCUT2D eigenvalue weighted by molar-refractivity contribution is 6.05. The number of benzene rings is 1. The third-order valence-electron chi connectivity index (χ3n) is 4.48. The van der Waals surface area contributed by atoms with Crippen LogP contribution in [0.2, 0.25) is 0 Å². The van der Waals surface area contributed by atoms with Crippen LogP contribution in [0.1, 0.15) is 17.7 Å². The van der Waals surface area contributed by atoms with E-state index in [4.69, 9.17) is 0 Å². The monoisotopic (exact) mass is 354 g/mol. The third-order valence-corrected chi connectivity index (χ3v) is 4.48. The Morgan fingerprint density at radius 2 is 1.92 bits per heavy atom. The molecular weight excluding hydrogens is 332 g/mol. The van der Waals surface area contributed by atoms with Crippen LogP contribution in [0.15, 0.2) is 48.7 Å². The van der Waals surface area contributed by atoms with E-state index in [1.54, 1.807) is 0 Å². The number of hydrogen-bond acceptors (Lipinski definition) is 3. The highest BCUT2D eigenvalue weighted by atomic mass is 16.2. The molecule has 0 radical (unpaired) electrons. The summed E-state index contributed by atoms with van der Waals surface area (Å²) in [7, 11) is 1.90. The molecule has 1 atom stereocenters. The predicted molar refractivity (Wildman–Crippen MR) is 96.1 cm³/mol. The lowest BCUT2D eigenvalue weighted by molar-refractivity contribution is -0.130. The Morgan fingerprint density at radius 3 is 2.62 bits per heavy atom. The fraction of sp³-hybridized carbons (Fsp3) is 0.316. The fourth-order valence-corrected chi connectivity index (χ4v) is 2.94. The van der Waals surface area contributed by atoms with Gasteiger partial charge in [-0.1, -0.05) is 30.3 Å². The SMILES string of the molecule is Cn1cccc1CNC(=O)CC1NC(=O)N(CCc2ccccc2)C1=O. The summed E-state index contributed by atoms with van der Waals surface area (Å²) in [5.74, 6) is -0.616. The number of nitrogens with one attached hydrogen (secondary N) is 2. The molecule has 0 spiro atoms. The highest BCUT2D eigenvalue weighted by Gasteiger charge is 2.38. The lowest BCUT2D eigenvalue weighted by atomic mass is 10.1. The van der Waals surface area contributed by atoms with Crippen LogP contribution >= 0.6 is 0 Å². The summed E-state index contributed by atoms with van der Waals surface area (Å²) in [5, 5.41) is 5.38. The molecule has 0 saturated carbocycles. The number of hydrogen-bond donors (Lipinski definition) is 2. The molecule has 1 saturated heterocycles. The quantitative estimate of drug-likeness (QED) is 0.733. The van der Waals surface area contributed by atoms with Gasteiger partial charge in [0.2, 0.25) is 5.91 Å². The number of aryl methyl sites for hydroxylation is 1. The molecule has 1 aromatic carbocycles. The second-order valence-corrected chi connectivity index (χ2v) is 6.32. The van der Waals surface area contributed by atoms with E-state index in [0.717, 1.165) is 11.3 Å². The lowest BCUT2D eigenvalue weighted by Crippen LogP contribution is -2.36. The zero-order valence-electron chi connectivity index (χ0n) is 14.6. The van der Waals surface area contributed by atoms with Crippen LogP contribution in [0, 0.1) is 0 Å². The van der Waals surface area contributed by atoms with Crippen molar-refractivity contribution in [3.63, 3.8) is 0 Å². The van der Waals surface area contributed by atoms with Gasteiger partial charge in [0.25, 0.3) is 5.91 Å². The maximum Gasteiger partial charge on any atom is 0.324 e. The van der Waals surface area contributed by atoms with Crippen molar-refractivity contribution in [2.45, 2.75) is 25.4 Å². The Labute approximate surface area is 152 Å². The van der Waals surface area contributed by atoms with Crippen molar-refractivity contribution in [2.24, 2.45) is 7.05 Å². The molecule has 7 heteroatoms. The van der Waals surface area contributed by atoms with E-state index >= 15 is 0 Å². The van der Waals surface area contributed by atoms with Crippen LogP contribution < -0.4 is 10.6 Å². The fourth-order valence-electron chi connectivity index (χ4n) is 2.94. The topological polar surface area (TPSA) is 83.4 Å². The number of nitrogens with zero attached hydrogens (tertiary/aromatic N) is 2. The first-order valence-electron chi connectivity index (χ1n) is 8.57. The van der Waals surface area contributed by atoms with E-state index < -0.39 is 12.1 Å². The zero-order chi connectivity index (χ0) is 18.5. The molecule has 1 aromatic heterocycles. The van der Waals surface area contributed by atoms with Crippen LogP contribution in [0.4, 0.5) is 4.79 Å². The van der Waals surface area contributed by atoms with Crippen molar-refractivity contribution in [2.75, 3.05) is 6.54 Å². The molecule has 136 valence electrons. The molecule has 1 unspecified atom stereocenters. The first-order chi connectivity index (χ1) is 12.5. The van der Waals surface area contributed by atoms with Crippen LogP contribution in [0.5, 0.6) is 0 Å². The van der Waals surface area contributed by atoms with E-state index in [9.17, 15) is 14.4 Å². The van der Waals surface area contributed by atoms with Crippen molar-refractivity contribution < 1.29 is 14.4 Å². The van der Waals surface area contributed by atoms with Gasteiger partial charge in [-0.15, -0.1) is 0 Å². The summed E-state index contributed by atoms with van der Waals surface area (Å²) in [6.07, 6.45) is 2.43. The second kappa shape index (κ2) is 7.86. The van der Waals surface area contributed by atoms with Gasteiger partial charge in [0.15, 0.2) is 0 Å². The van der Waals surface area contributed by atoms with Crippen molar-refractivity contribution >= 4 is 17.8 Å². The summed E-state index contributed by atoms with van der Waals surface area (Å²) < 4.78 is 1.91. The van der Waals surface area contributed by atoms with Gasteiger partial charge in [0.05, 0.1) is 13.0 Å².